The van der Waals surface area contributed by atoms with Gasteiger partial charge in [0.25, 0.3) is 0 Å². The third-order valence-electron chi connectivity index (χ3n) is 3.08. The van der Waals surface area contributed by atoms with E-state index in [1.165, 1.54) is 0 Å². The molecule has 1 aromatic rings. The van der Waals surface area contributed by atoms with Crippen LogP contribution in [0.3, 0.4) is 0 Å². The Kier molecular flexibility index (Phi) is 5.65. The van der Waals surface area contributed by atoms with Crippen molar-refractivity contribution in [2.75, 3.05) is 27.2 Å². The van der Waals surface area contributed by atoms with Crippen LogP contribution in [-0.4, -0.2) is 38.1 Å². The van der Waals surface area contributed by atoms with Crippen molar-refractivity contribution < 1.29 is 9.53 Å². The average Bonchev–Trinajstić information content (AvgIpc) is 2.43. The molecule has 18 heavy (non-hydrogen) atoms. The van der Waals surface area contributed by atoms with E-state index in [9.17, 15) is 4.79 Å². The second kappa shape index (κ2) is 7.01. The number of carbonyl (C=O) groups is 1. The highest BCUT2D eigenvalue weighted by Gasteiger charge is 2.10. The summed E-state index contributed by atoms with van der Waals surface area (Å²) in [6.07, 6.45) is 0. The van der Waals surface area contributed by atoms with Gasteiger partial charge in [0.1, 0.15) is 5.75 Å². The average molecular weight is 250 g/mol. The summed E-state index contributed by atoms with van der Waals surface area (Å²) in [5, 5.41) is 3.22. The van der Waals surface area contributed by atoms with Gasteiger partial charge in [0.2, 0.25) is 5.91 Å². The molecule has 0 saturated heterocycles. The van der Waals surface area contributed by atoms with Crippen molar-refractivity contribution >= 4 is 5.91 Å². The summed E-state index contributed by atoms with van der Waals surface area (Å²) in [6.45, 7) is 5.10. The van der Waals surface area contributed by atoms with Crippen LogP contribution >= 0.6 is 0 Å². The number of hydrogen-bond acceptors (Lipinski definition) is 3. The van der Waals surface area contributed by atoms with Crippen LogP contribution in [0.2, 0.25) is 0 Å². The predicted molar refractivity (Wildman–Crippen MR) is 72.7 cm³/mol. The Morgan fingerprint density at radius 1 is 1.39 bits per heavy atom. The lowest BCUT2D eigenvalue weighted by molar-refractivity contribution is -0.128. The highest BCUT2D eigenvalue weighted by atomic mass is 16.5. The van der Waals surface area contributed by atoms with Gasteiger partial charge in [-0.15, -0.1) is 0 Å². The lowest BCUT2D eigenvalue weighted by atomic mass is 10.1. The van der Waals surface area contributed by atoms with Crippen molar-refractivity contribution in [2.24, 2.45) is 0 Å². The number of hydrogen-bond donors (Lipinski definition) is 1. The summed E-state index contributed by atoms with van der Waals surface area (Å²) >= 11 is 0. The maximum atomic E-state index is 11.7. The smallest absolute Gasteiger partial charge is 0.236 e. The van der Waals surface area contributed by atoms with Gasteiger partial charge < -0.3 is 15.0 Å². The first-order valence-corrected chi connectivity index (χ1v) is 6.19. The maximum Gasteiger partial charge on any atom is 0.236 e. The largest absolute Gasteiger partial charge is 0.497 e. The van der Waals surface area contributed by atoms with Crippen molar-refractivity contribution in [2.45, 2.75) is 19.9 Å². The van der Waals surface area contributed by atoms with Gasteiger partial charge in [-0.25, -0.2) is 0 Å². The monoisotopic (exact) mass is 250 g/mol. The zero-order chi connectivity index (χ0) is 13.5. The summed E-state index contributed by atoms with van der Waals surface area (Å²) in [5.74, 6) is 0.950. The number of rotatable bonds is 6. The quantitative estimate of drug-likeness (QED) is 0.837. The van der Waals surface area contributed by atoms with Crippen LogP contribution in [0.1, 0.15) is 25.5 Å². The summed E-state index contributed by atoms with van der Waals surface area (Å²) in [6, 6.07) is 8.00. The SMILES string of the molecule is CCN(C)C(=O)CN[C@H](C)c1ccc(OC)cc1. The molecule has 0 aromatic heterocycles. The molecule has 1 aromatic carbocycles. The number of amides is 1. The van der Waals surface area contributed by atoms with Crippen molar-refractivity contribution in [3.05, 3.63) is 29.8 Å². The summed E-state index contributed by atoms with van der Waals surface area (Å²) in [5.41, 5.74) is 1.14. The predicted octanol–water partition coefficient (Wildman–Crippen LogP) is 1.82. The number of nitrogens with one attached hydrogen (secondary N) is 1. The zero-order valence-electron chi connectivity index (χ0n) is 11.6. The number of methoxy groups -OCH3 is 1. The lowest BCUT2D eigenvalue weighted by Gasteiger charge is -2.18. The van der Waals surface area contributed by atoms with Crippen LogP contribution in [0.15, 0.2) is 24.3 Å². The van der Waals surface area contributed by atoms with Crippen LogP contribution in [0.25, 0.3) is 0 Å². The molecular weight excluding hydrogens is 228 g/mol. The van der Waals surface area contributed by atoms with Gasteiger partial charge in [-0.1, -0.05) is 12.1 Å². The molecule has 1 amide bonds. The molecule has 0 saturated carbocycles. The van der Waals surface area contributed by atoms with Crippen molar-refractivity contribution in [1.82, 2.24) is 10.2 Å². The number of ether oxygens (including phenoxy) is 1. The molecule has 0 bridgehead atoms. The Bertz CT molecular complexity index is 376. The third-order valence-corrected chi connectivity index (χ3v) is 3.08. The molecule has 0 aliphatic heterocycles. The maximum absolute atomic E-state index is 11.7. The molecule has 1 N–H and O–H groups in total. The molecule has 4 nitrogen and oxygen atoms in total. The molecule has 100 valence electrons. The van der Waals surface area contributed by atoms with E-state index in [4.69, 9.17) is 4.74 Å². The highest BCUT2D eigenvalue weighted by molar-refractivity contribution is 5.77. The third kappa shape index (κ3) is 4.04. The Morgan fingerprint density at radius 3 is 2.50 bits per heavy atom. The van der Waals surface area contributed by atoms with Gasteiger partial charge >= 0.3 is 0 Å². The van der Waals surface area contributed by atoms with Crippen LogP contribution in [0.4, 0.5) is 0 Å². The van der Waals surface area contributed by atoms with E-state index in [1.54, 1.807) is 12.0 Å². The fraction of sp³-hybridized carbons (Fsp3) is 0.500. The first-order valence-electron chi connectivity index (χ1n) is 6.19. The van der Waals surface area contributed by atoms with E-state index in [0.29, 0.717) is 6.54 Å². The molecule has 1 atom stereocenters. The van der Waals surface area contributed by atoms with E-state index < -0.39 is 0 Å². The Hall–Kier alpha value is -1.55. The lowest BCUT2D eigenvalue weighted by Crippen LogP contribution is -2.36. The van der Waals surface area contributed by atoms with E-state index in [-0.39, 0.29) is 11.9 Å². The number of likely N-dealkylation sites (N-methyl/N-ethyl adjacent to an activating group) is 1. The fourth-order valence-corrected chi connectivity index (χ4v) is 1.56. The van der Waals surface area contributed by atoms with Crippen molar-refractivity contribution in [3.8, 4) is 5.75 Å². The molecule has 0 radical (unpaired) electrons. The van der Waals surface area contributed by atoms with Crippen molar-refractivity contribution in [1.29, 1.82) is 0 Å². The number of carbonyl (C=O) groups excluding carboxylic acids is 1. The number of nitrogens with zero attached hydrogens (tertiary/aromatic N) is 1. The molecule has 0 aliphatic carbocycles. The first-order chi connectivity index (χ1) is 8.58. The summed E-state index contributed by atoms with van der Waals surface area (Å²) in [4.78, 5) is 13.4. The van der Waals surface area contributed by atoms with Crippen LogP contribution in [0.5, 0.6) is 5.75 Å². The second-order valence-electron chi connectivity index (χ2n) is 4.28. The summed E-state index contributed by atoms with van der Waals surface area (Å²) < 4.78 is 5.11. The molecule has 1 rings (SSSR count). The molecule has 0 unspecified atom stereocenters. The minimum atomic E-state index is 0.109. The van der Waals surface area contributed by atoms with Crippen LogP contribution < -0.4 is 10.1 Å². The van der Waals surface area contributed by atoms with Gasteiger partial charge in [0, 0.05) is 19.6 Å². The van der Waals surface area contributed by atoms with Gasteiger partial charge in [-0.2, -0.15) is 0 Å². The van der Waals surface area contributed by atoms with Crippen LogP contribution in [0, 0.1) is 0 Å². The molecule has 0 spiro atoms. The minimum Gasteiger partial charge on any atom is -0.497 e. The molecule has 0 heterocycles. The second-order valence-corrected chi connectivity index (χ2v) is 4.28. The van der Waals surface area contributed by atoms with E-state index >= 15 is 0 Å². The van der Waals surface area contributed by atoms with E-state index in [1.807, 2.05) is 45.2 Å². The fourth-order valence-electron chi connectivity index (χ4n) is 1.56. The Labute approximate surface area is 109 Å². The normalized spacial score (nSPS) is 12.0. The standard InChI is InChI=1S/C14H22N2O2/c1-5-16(3)14(17)10-15-11(2)12-6-8-13(18-4)9-7-12/h6-9,11,15H,5,10H2,1-4H3/t11-/m1/s1. The number of benzene rings is 1. The molecule has 0 aliphatic rings. The van der Waals surface area contributed by atoms with E-state index in [0.717, 1.165) is 17.9 Å². The van der Waals surface area contributed by atoms with Crippen LogP contribution in [-0.2, 0) is 4.79 Å². The van der Waals surface area contributed by atoms with Gasteiger partial charge in [0.05, 0.1) is 13.7 Å². The molecule has 4 heteroatoms. The topological polar surface area (TPSA) is 41.6 Å². The minimum absolute atomic E-state index is 0.109. The summed E-state index contributed by atoms with van der Waals surface area (Å²) in [7, 11) is 3.46. The van der Waals surface area contributed by atoms with Crippen molar-refractivity contribution in [3.63, 3.8) is 0 Å². The van der Waals surface area contributed by atoms with Gasteiger partial charge in [-0.3, -0.25) is 4.79 Å². The zero-order valence-corrected chi connectivity index (χ0v) is 11.6. The Morgan fingerprint density at radius 2 is 2.00 bits per heavy atom. The molecular formula is C14H22N2O2. The van der Waals surface area contributed by atoms with Gasteiger partial charge in [-0.05, 0) is 31.5 Å². The molecule has 0 fully saturated rings. The highest BCUT2D eigenvalue weighted by Crippen LogP contribution is 2.16. The van der Waals surface area contributed by atoms with Gasteiger partial charge in [0.15, 0.2) is 0 Å². The Balaban J connectivity index is 2.49. The van der Waals surface area contributed by atoms with E-state index in [2.05, 4.69) is 5.32 Å². The first kappa shape index (κ1) is 14.5.